The van der Waals surface area contributed by atoms with Crippen LogP contribution in [0.15, 0.2) is 55.1 Å². The molecule has 0 aliphatic carbocycles. The molecule has 0 radical (unpaired) electrons. The van der Waals surface area contributed by atoms with Gasteiger partial charge in [0, 0.05) is 49.6 Å². The number of benzene rings is 1. The molecule has 6 heteroatoms. The van der Waals surface area contributed by atoms with Gasteiger partial charge in [0.25, 0.3) is 0 Å². The number of hydrogen-bond donors (Lipinski definition) is 0. The average molecular weight is 332 g/mol. The molecule has 0 spiro atoms. The third-order valence-electron chi connectivity index (χ3n) is 4.44. The van der Waals surface area contributed by atoms with Crippen LogP contribution >= 0.6 is 0 Å². The van der Waals surface area contributed by atoms with Crippen molar-refractivity contribution in [1.82, 2.24) is 19.9 Å². The van der Waals surface area contributed by atoms with Crippen LogP contribution in [0.3, 0.4) is 0 Å². The lowest BCUT2D eigenvalue weighted by Gasteiger charge is -2.36. The summed E-state index contributed by atoms with van der Waals surface area (Å²) in [5.74, 6) is 1.98. The topological polar surface area (TPSA) is 58.0 Å². The van der Waals surface area contributed by atoms with Crippen LogP contribution < -0.4 is 9.80 Å². The van der Waals surface area contributed by atoms with Crippen molar-refractivity contribution in [3.05, 3.63) is 60.8 Å². The van der Waals surface area contributed by atoms with Gasteiger partial charge < -0.3 is 9.80 Å². The van der Waals surface area contributed by atoms with Gasteiger partial charge in [-0.25, -0.2) is 19.9 Å². The predicted octanol–water partition coefficient (Wildman–Crippen LogP) is 2.57. The van der Waals surface area contributed by atoms with Gasteiger partial charge in [-0.15, -0.1) is 0 Å². The van der Waals surface area contributed by atoms with Crippen LogP contribution in [0, 0.1) is 6.92 Å². The molecule has 3 heterocycles. The lowest BCUT2D eigenvalue weighted by atomic mass is 10.1. The van der Waals surface area contributed by atoms with Crippen molar-refractivity contribution in [3.63, 3.8) is 0 Å². The fourth-order valence-corrected chi connectivity index (χ4v) is 3.06. The molecule has 25 heavy (non-hydrogen) atoms. The molecule has 1 aliphatic heterocycles. The fraction of sp³-hybridized carbons (Fsp3) is 0.263. The molecule has 1 saturated heterocycles. The van der Waals surface area contributed by atoms with Crippen LogP contribution in [0.4, 0.5) is 11.6 Å². The second-order valence-corrected chi connectivity index (χ2v) is 6.12. The van der Waals surface area contributed by atoms with Crippen LogP contribution in [-0.4, -0.2) is 46.1 Å². The molecule has 0 bridgehead atoms. The summed E-state index contributed by atoms with van der Waals surface area (Å²) < 4.78 is 0. The molecule has 0 amide bonds. The number of anilines is 2. The molecular formula is C19H20N6. The van der Waals surface area contributed by atoms with E-state index >= 15 is 0 Å². The molecule has 3 aromatic rings. The standard InChI is InChI=1S/C19H20N6/c1-15-11-18(22-13-20-15)24-7-9-25(10-8-24)19-12-17(21-14-23-19)16-5-3-2-4-6-16/h2-6,11-14H,7-10H2,1H3. The molecule has 2 aromatic heterocycles. The van der Waals surface area contributed by atoms with E-state index in [1.807, 2.05) is 31.2 Å². The molecule has 6 nitrogen and oxygen atoms in total. The highest BCUT2D eigenvalue weighted by atomic mass is 15.3. The molecule has 1 aromatic carbocycles. The SMILES string of the molecule is Cc1cc(N2CCN(c3cc(-c4ccccc4)ncn3)CC2)ncn1. The van der Waals surface area contributed by atoms with E-state index in [0.29, 0.717) is 0 Å². The van der Waals surface area contributed by atoms with Crippen LogP contribution in [0.2, 0.25) is 0 Å². The van der Waals surface area contributed by atoms with Crippen molar-refractivity contribution in [2.75, 3.05) is 36.0 Å². The normalized spacial score (nSPS) is 14.6. The average Bonchev–Trinajstić information content (AvgIpc) is 2.69. The number of aryl methyl sites for hydroxylation is 1. The van der Waals surface area contributed by atoms with E-state index in [1.165, 1.54) is 0 Å². The summed E-state index contributed by atoms with van der Waals surface area (Å²) in [4.78, 5) is 22.0. The smallest absolute Gasteiger partial charge is 0.132 e. The Bertz CT molecular complexity index is 843. The van der Waals surface area contributed by atoms with E-state index in [2.05, 4.69) is 47.9 Å². The van der Waals surface area contributed by atoms with E-state index in [4.69, 9.17) is 0 Å². The quantitative estimate of drug-likeness (QED) is 0.735. The maximum Gasteiger partial charge on any atom is 0.132 e. The molecule has 0 saturated carbocycles. The van der Waals surface area contributed by atoms with Crippen molar-refractivity contribution < 1.29 is 0 Å². The van der Waals surface area contributed by atoms with Crippen LogP contribution in [-0.2, 0) is 0 Å². The number of aromatic nitrogens is 4. The van der Waals surface area contributed by atoms with Gasteiger partial charge in [0.05, 0.1) is 5.69 Å². The van der Waals surface area contributed by atoms with E-state index < -0.39 is 0 Å². The number of piperazine rings is 1. The Morgan fingerprint density at radius 1 is 0.720 bits per heavy atom. The van der Waals surface area contributed by atoms with Crippen molar-refractivity contribution >= 4 is 11.6 Å². The maximum absolute atomic E-state index is 4.47. The minimum Gasteiger partial charge on any atom is -0.353 e. The van der Waals surface area contributed by atoms with Crippen LogP contribution in [0.25, 0.3) is 11.3 Å². The molecule has 0 N–H and O–H groups in total. The Morgan fingerprint density at radius 2 is 1.32 bits per heavy atom. The Balaban J connectivity index is 1.48. The third-order valence-corrected chi connectivity index (χ3v) is 4.44. The maximum atomic E-state index is 4.47. The summed E-state index contributed by atoms with van der Waals surface area (Å²) in [5.41, 5.74) is 3.07. The zero-order valence-electron chi connectivity index (χ0n) is 14.2. The molecule has 1 aliphatic rings. The first kappa shape index (κ1) is 15.5. The summed E-state index contributed by atoms with van der Waals surface area (Å²) in [6.07, 6.45) is 3.28. The van der Waals surface area contributed by atoms with Crippen LogP contribution in [0.1, 0.15) is 5.69 Å². The first-order valence-corrected chi connectivity index (χ1v) is 8.45. The molecular weight excluding hydrogens is 312 g/mol. The Labute approximate surface area is 147 Å². The van der Waals surface area contributed by atoms with Gasteiger partial charge in [0.2, 0.25) is 0 Å². The second kappa shape index (κ2) is 6.84. The summed E-state index contributed by atoms with van der Waals surface area (Å²) >= 11 is 0. The highest BCUT2D eigenvalue weighted by molar-refractivity contribution is 5.62. The molecule has 1 fully saturated rings. The summed E-state index contributed by atoms with van der Waals surface area (Å²) in [6, 6.07) is 14.3. The first-order chi connectivity index (χ1) is 12.3. The molecule has 4 rings (SSSR count). The second-order valence-electron chi connectivity index (χ2n) is 6.12. The molecule has 0 unspecified atom stereocenters. The molecule has 0 atom stereocenters. The highest BCUT2D eigenvalue weighted by Crippen LogP contribution is 2.22. The molecule has 126 valence electrons. The first-order valence-electron chi connectivity index (χ1n) is 8.45. The minimum atomic E-state index is 0.911. The Hall–Kier alpha value is -3.02. The van der Waals surface area contributed by atoms with Gasteiger partial charge >= 0.3 is 0 Å². The van der Waals surface area contributed by atoms with E-state index in [-0.39, 0.29) is 0 Å². The summed E-state index contributed by atoms with van der Waals surface area (Å²) in [7, 11) is 0. The van der Waals surface area contributed by atoms with Crippen molar-refractivity contribution in [2.45, 2.75) is 6.92 Å². The zero-order valence-corrected chi connectivity index (χ0v) is 14.2. The zero-order chi connectivity index (χ0) is 17.1. The van der Waals surface area contributed by atoms with E-state index in [1.54, 1.807) is 12.7 Å². The van der Waals surface area contributed by atoms with Gasteiger partial charge in [0.1, 0.15) is 24.3 Å². The highest BCUT2D eigenvalue weighted by Gasteiger charge is 2.19. The summed E-state index contributed by atoms with van der Waals surface area (Å²) in [6.45, 7) is 5.65. The van der Waals surface area contributed by atoms with Crippen molar-refractivity contribution in [2.24, 2.45) is 0 Å². The lowest BCUT2D eigenvalue weighted by Crippen LogP contribution is -2.47. The summed E-state index contributed by atoms with van der Waals surface area (Å²) in [5, 5.41) is 0. The van der Waals surface area contributed by atoms with E-state index in [0.717, 1.165) is 54.8 Å². The number of hydrogen-bond acceptors (Lipinski definition) is 6. The van der Waals surface area contributed by atoms with Gasteiger partial charge in [0.15, 0.2) is 0 Å². The number of nitrogens with zero attached hydrogens (tertiary/aromatic N) is 6. The van der Waals surface area contributed by atoms with E-state index in [9.17, 15) is 0 Å². The lowest BCUT2D eigenvalue weighted by molar-refractivity contribution is 0.640. The Morgan fingerprint density at radius 3 is 1.96 bits per heavy atom. The van der Waals surface area contributed by atoms with Gasteiger partial charge in [-0.05, 0) is 6.92 Å². The largest absolute Gasteiger partial charge is 0.353 e. The monoisotopic (exact) mass is 332 g/mol. The Kier molecular flexibility index (Phi) is 4.24. The minimum absolute atomic E-state index is 0.911. The van der Waals surface area contributed by atoms with Crippen molar-refractivity contribution in [3.8, 4) is 11.3 Å². The fourth-order valence-electron chi connectivity index (χ4n) is 3.06. The van der Waals surface area contributed by atoms with Gasteiger partial charge in [-0.1, -0.05) is 30.3 Å². The predicted molar refractivity (Wildman–Crippen MR) is 98.7 cm³/mol. The number of rotatable bonds is 3. The third kappa shape index (κ3) is 3.42. The van der Waals surface area contributed by atoms with Gasteiger partial charge in [-0.3, -0.25) is 0 Å². The van der Waals surface area contributed by atoms with Gasteiger partial charge in [-0.2, -0.15) is 0 Å². The van der Waals surface area contributed by atoms with Crippen LogP contribution in [0.5, 0.6) is 0 Å². The van der Waals surface area contributed by atoms with Crippen molar-refractivity contribution in [1.29, 1.82) is 0 Å².